The number of thiophene rings is 1. The summed E-state index contributed by atoms with van der Waals surface area (Å²) < 4.78 is 0. The predicted molar refractivity (Wildman–Crippen MR) is 124 cm³/mol. The Hall–Kier alpha value is -3.00. The number of benzene rings is 1. The van der Waals surface area contributed by atoms with E-state index < -0.39 is 0 Å². The number of anilines is 2. The Kier molecular flexibility index (Phi) is 5.91. The van der Waals surface area contributed by atoms with Crippen molar-refractivity contribution in [3.05, 3.63) is 50.4 Å². The van der Waals surface area contributed by atoms with Gasteiger partial charge in [0.2, 0.25) is 11.8 Å². The van der Waals surface area contributed by atoms with E-state index in [0.29, 0.717) is 29.5 Å². The van der Waals surface area contributed by atoms with Gasteiger partial charge in [-0.15, -0.1) is 11.3 Å². The van der Waals surface area contributed by atoms with E-state index in [4.69, 9.17) is 0 Å². The van der Waals surface area contributed by atoms with Gasteiger partial charge < -0.3 is 15.6 Å². The first kappa shape index (κ1) is 21.2. The van der Waals surface area contributed by atoms with Crippen molar-refractivity contribution in [1.82, 2.24) is 9.97 Å². The van der Waals surface area contributed by atoms with Gasteiger partial charge in [0.15, 0.2) is 0 Å². The molecule has 4 rings (SSSR count). The van der Waals surface area contributed by atoms with Crippen molar-refractivity contribution in [1.29, 1.82) is 0 Å². The van der Waals surface area contributed by atoms with Gasteiger partial charge in [0.05, 0.1) is 5.39 Å². The van der Waals surface area contributed by atoms with Crippen molar-refractivity contribution in [2.75, 3.05) is 10.6 Å². The fourth-order valence-corrected chi connectivity index (χ4v) is 5.45. The van der Waals surface area contributed by atoms with Crippen LogP contribution in [0.5, 0.6) is 0 Å². The number of rotatable bonds is 5. The van der Waals surface area contributed by atoms with Crippen LogP contribution in [0.2, 0.25) is 0 Å². The fourth-order valence-electron chi connectivity index (χ4n) is 4.05. The minimum Gasteiger partial charge on any atom is -0.326 e. The molecule has 0 fully saturated rings. The maximum absolute atomic E-state index is 12.7. The van der Waals surface area contributed by atoms with Crippen molar-refractivity contribution >= 4 is 44.7 Å². The largest absolute Gasteiger partial charge is 0.326 e. The van der Waals surface area contributed by atoms with Gasteiger partial charge in [0.1, 0.15) is 10.7 Å². The highest BCUT2D eigenvalue weighted by Gasteiger charge is 2.23. The fraction of sp³-hybridized carbons (Fsp3) is 0.391. The first-order chi connectivity index (χ1) is 14.8. The molecule has 162 valence electrons. The van der Waals surface area contributed by atoms with E-state index in [1.165, 1.54) is 11.8 Å². The van der Waals surface area contributed by atoms with Crippen molar-refractivity contribution in [2.45, 2.75) is 52.9 Å². The topological polar surface area (TPSA) is 104 Å². The Balaban J connectivity index is 1.46. The molecule has 3 aromatic rings. The number of hydrogen-bond donors (Lipinski definition) is 3. The van der Waals surface area contributed by atoms with Crippen LogP contribution >= 0.6 is 11.3 Å². The summed E-state index contributed by atoms with van der Waals surface area (Å²) in [4.78, 5) is 46.1. The number of carbonyl (C=O) groups is 2. The van der Waals surface area contributed by atoms with Gasteiger partial charge in [-0.1, -0.05) is 13.0 Å². The number of H-pyrrole nitrogens is 1. The number of nitrogens with zero attached hydrogens (tertiary/aromatic N) is 1. The lowest BCUT2D eigenvalue weighted by atomic mass is 9.89. The van der Waals surface area contributed by atoms with Gasteiger partial charge in [-0.3, -0.25) is 14.4 Å². The van der Waals surface area contributed by atoms with E-state index in [1.807, 2.05) is 6.92 Å². The summed E-state index contributed by atoms with van der Waals surface area (Å²) in [5, 5.41) is 6.36. The Labute approximate surface area is 184 Å². The van der Waals surface area contributed by atoms with Crippen molar-refractivity contribution in [3.8, 4) is 0 Å². The Bertz CT molecular complexity index is 1230. The van der Waals surface area contributed by atoms with E-state index >= 15 is 0 Å². The first-order valence-corrected chi connectivity index (χ1v) is 11.3. The first-order valence-electron chi connectivity index (χ1n) is 10.5. The number of carbonyl (C=O) groups excluding carboxylic acids is 2. The number of aromatic nitrogens is 2. The van der Waals surface area contributed by atoms with Gasteiger partial charge in [-0.25, -0.2) is 4.98 Å². The molecule has 1 unspecified atom stereocenters. The third-order valence-corrected chi connectivity index (χ3v) is 6.87. The molecule has 0 aliphatic heterocycles. The lowest BCUT2D eigenvalue weighted by Gasteiger charge is -2.17. The third kappa shape index (κ3) is 4.54. The molecule has 0 radical (unpaired) electrons. The molecule has 8 heteroatoms. The van der Waals surface area contributed by atoms with Gasteiger partial charge >= 0.3 is 0 Å². The summed E-state index contributed by atoms with van der Waals surface area (Å²) in [5.41, 5.74) is 3.15. The van der Waals surface area contributed by atoms with Crippen LogP contribution < -0.4 is 16.2 Å². The highest BCUT2D eigenvalue weighted by atomic mass is 32.1. The van der Waals surface area contributed by atoms with Gasteiger partial charge in [-0.05, 0) is 55.4 Å². The summed E-state index contributed by atoms with van der Waals surface area (Å²) in [6, 6.07) is 5.36. The minimum atomic E-state index is -0.176. The van der Waals surface area contributed by atoms with Crippen molar-refractivity contribution in [2.24, 2.45) is 5.92 Å². The van der Waals surface area contributed by atoms with Crippen molar-refractivity contribution < 1.29 is 9.59 Å². The number of hydrogen-bond acceptors (Lipinski definition) is 5. The molecule has 1 atom stereocenters. The summed E-state index contributed by atoms with van der Waals surface area (Å²) in [7, 11) is 0. The summed E-state index contributed by atoms with van der Waals surface area (Å²) in [6.45, 7) is 5.52. The molecule has 2 heterocycles. The number of aromatic amines is 1. The van der Waals surface area contributed by atoms with Crippen LogP contribution in [0.15, 0.2) is 23.0 Å². The number of aryl methyl sites for hydroxylation is 2. The molecule has 0 saturated carbocycles. The second kappa shape index (κ2) is 8.63. The second-order valence-electron chi connectivity index (χ2n) is 8.25. The van der Waals surface area contributed by atoms with Crippen LogP contribution in [0.4, 0.5) is 11.4 Å². The molecule has 1 aliphatic carbocycles. The Morgan fingerprint density at radius 2 is 2.00 bits per heavy atom. The minimum absolute atomic E-state index is 0.105. The Morgan fingerprint density at radius 3 is 2.74 bits per heavy atom. The van der Waals surface area contributed by atoms with Crippen LogP contribution in [0.1, 0.15) is 48.5 Å². The standard InChI is InChI=1S/C23H26N4O3S/c1-12-7-8-15-18(11-12)31-23-21(15)22(30)26-19(27-23)9-10-20(29)25-17-6-4-5-16(13(17)2)24-14(3)28/h4-6,12H,7-11H2,1-3H3,(H,24,28)(H,25,29)(H,26,27,30). The average Bonchev–Trinajstić information content (AvgIpc) is 3.07. The highest BCUT2D eigenvalue weighted by molar-refractivity contribution is 7.18. The zero-order valence-electron chi connectivity index (χ0n) is 17.9. The highest BCUT2D eigenvalue weighted by Crippen LogP contribution is 2.35. The molecule has 0 saturated heterocycles. The molecule has 1 aromatic carbocycles. The van der Waals surface area contributed by atoms with Crippen LogP contribution in [-0.4, -0.2) is 21.8 Å². The van der Waals surface area contributed by atoms with E-state index in [1.54, 1.807) is 29.5 Å². The third-order valence-electron chi connectivity index (χ3n) is 5.72. The zero-order valence-corrected chi connectivity index (χ0v) is 18.7. The lowest BCUT2D eigenvalue weighted by molar-refractivity contribution is -0.116. The smallest absolute Gasteiger partial charge is 0.259 e. The quantitative estimate of drug-likeness (QED) is 0.561. The van der Waals surface area contributed by atoms with E-state index in [9.17, 15) is 14.4 Å². The van der Waals surface area contributed by atoms with Crippen LogP contribution in [0, 0.1) is 12.8 Å². The van der Waals surface area contributed by atoms with E-state index in [0.717, 1.165) is 40.6 Å². The van der Waals surface area contributed by atoms with Crippen LogP contribution in [-0.2, 0) is 28.9 Å². The van der Waals surface area contributed by atoms with E-state index in [-0.39, 0.29) is 23.8 Å². The molecule has 3 N–H and O–H groups in total. The van der Waals surface area contributed by atoms with E-state index in [2.05, 4.69) is 27.5 Å². The van der Waals surface area contributed by atoms with Crippen molar-refractivity contribution in [3.63, 3.8) is 0 Å². The lowest BCUT2D eigenvalue weighted by Crippen LogP contribution is -2.17. The molecule has 0 spiro atoms. The molecular formula is C23H26N4O3S. The van der Waals surface area contributed by atoms with Crippen LogP contribution in [0.25, 0.3) is 10.2 Å². The summed E-state index contributed by atoms with van der Waals surface area (Å²) in [5.74, 6) is 0.824. The van der Waals surface area contributed by atoms with Crippen LogP contribution in [0.3, 0.4) is 0 Å². The molecular weight excluding hydrogens is 412 g/mol. The number of amides is 2. The second-order valence-corrected chi connectivity index (χ2v) is 9.34. The monoisotopic (exact) mass is 438 g/mol. The molecule has 31 heavy (non-hydrogen) atoms. The summed E-state index contributed by atoms with van der Waals surface area (Å²) >= 11 is 1.61. The normalized spacial score (nSPS) is 15.5. The van der Waals surface area contributed by atoms with Gasteiger partial charge in [0, 0.05) is 36.0 Å². The average molecular weight is 439 g/mol. The molecule has 7 nitrogen and oxygen atoms in total. The summed E-state index contributed by atoms with van der Waals surface area (Å²) in [6.07, 6.45) is 3.58. The molecule has 2 aromatic heterocycles. The maximum Gasteiger partial charge on any atom is 0.259 e. The molecule has 1 aliphatic rings. The SMILES string of the molecule is CC(=O)Nc1cccc(NC(=O)CCc2nc3sc4c(c3c(=O)[nH]2)CCC(C)C4)c1C. The zero-order chi connectivity index (χ0) is 22.1. The van der Waals surface area contributed by atoms with Gasteiger partial charge in [-0.2, -0.15) is 0 Å². The molecule has 0 bridgehead atoms. The predicted octanol–water partition coefficient (Wildman–Crippen LogP) is 3.95. The Morgan fingerprint density at radius 1 is 1.26 bits per heavy atom. The maximum atomic E-state index is 12.7. The molecule has 2 amide bonds. The number of fused-ring (bicyclic) bond motifs is 3. The van der Waals surface area contributed by atoms with Gasteiger partial charge in [0.25, 0.3) is 5.56 Å². The number of nitrogens with one attached hydrogen (secondary N) is 3.